The summed E-state index contributed by atoms with van der Waals surface area (Å²) in [4.78, 5) is 11.0. The zero-order chi connectivity index (χ0) is 14.5. The van der Waals surface area contributed by atoms with Gasteiger partial charge in [0.05, 0.1) is 11.3 Å². The maximum absolute atomic E-state index is 13.6. The number of anilines is 1. The maximum Gasteiger partial charge on any atom is 0.337 e. The molecule has 0 bridgehead atoms. The van der Waals surface area contributed by atoms with Crippen LogP contribution in [0, 0.1) is 5.82 Å². The van der Waals surface area contributed by atoms with Crippen molar-refractivity contribution in [1.82, 2.24) is 0 Å². The fraction of sp³-hybridized carbons (Fsp3) is 0.133. The molecule has 0 saturated heterocycles. The van der Waals surface area contributed by atoms with Gasteiger partial charge in [-0.15, -0.1) is 0 Å². The van der Waals surface area contributed by atoms with E-state index >= 15 is 0 Å². The highest BCUT2D eigenvalue weighted by Crippen LogP contribution is 2.20. The van der Waals surface area contributed by atoms with Gasteiger partial charge >= 0.3 is 5.97 Å². The van der Waals surface area contributed by atoms with Crippen LogP contribution in [0.4, 0.5) is 10.1 Å². The van der Waals surface area contributed by atoms with Crippen molar-refractivity contribution in [3.05, 3.63) is 59.4 Å². The van der Waals surface area contributed by atoms with E-state index in [4.69, 9.17) is 10.2 Å². The molecule has 104 valence electrons. The number of phenolic OH excluding ortho intramolecular Hbond substituents is 1. The van der Waals surface area contributed by atoms with Gasteiger partial charge in [0.15, 0.2) is 0 Å². The summed E-state index contributed by atoms with van der Waals surface area (Å²) in [6, 6.07) is 10.6. The van der Waals surface area contributed by atoms with Gasteiger partial charge in [-0.1, -0.05) is 18.2 Å². The van der Waals surface area contributed by atoms with Crippen molar-refractivity contribution in [2.75, 3.05) is 11.9 Å². The fourth-order valence-corrected chi connectivity index (χ4v) is 1.88. The Labute approximate surface area is 115 Å². The molecule has 0 aliphatic rings. The molecule has 2 aromatic rings. The molecule has 0 heterocycles. The molecular weight excluding hydrogens is 261 g/mol. The number of carboxylic acids is 1. The highest BCUT2D eigenvalue weighted by Gasteiger charge is 2.13. The van der Waals surface area contributed by atoms with Crippen molar-refractivity contribution in [1.29, 1.82) is 0 Å². The van der Waals surface area contributed by atoms with E-state index in [2.05, 4.69) is 5.32 Å². The average Bonchev–Trinajstić information content (AvgIpc) is 2.42. The molecule has 5 heteroatoms. The van der Waals surface area contributed by atoms with Crippen LogP contribution in [0.3, 0.4) is 0 Å². The second-order valence-corrected chi connectivity index (χ2v) is 4.31. The molecule has 0 saturated carbocycles. The van der Waals surface area contributed by atoms with E-state index in [0.717, 1.165) is 5.56 Å². The number of carbonyl (C=O) groups is 1. The third-order valence-electron chi connectivity index (χ3n) is 2.90. The molecule has 2 rings (SSSR count). The quantitative estimate of drug-likeness (QED) is 0.784. The number of hydrogen-bond donors (Lipinski definition) is 3. The van der Waals surface area contributed by atoms with Crippen molar-refractivity contribution in [3.63, 3.8) is 0 Å². The van der Waals surface area contributed by atoms with E-state index in [1.807, 2.05) is 0 Å². The first-order chi connectivity index (χ1) is 9.58. The van der Waals surface area contributed by atoms with Crippen LogP contribution in [0.1, 0.15) is 15.9 Å². The van der Waals surface area contributed by atoms with Gasteiger partial charge in [0.25, 0.3) is 0 Å². The molecule has 0 radical (unpaired) electrons. The lowest BCUT2D eigenvalue weighted by Gasteiger charge is -2.10. The Kier molecular flexibility index (Phi) is 4.20. The van der Waals surface area contributed by atoms with Crippen molar-refractivity contribution < 1.29 is 19.4 Å². The van der Waals surface area contributed by atoms with Crippen LogP contribution in [0.25, 0.3) is 0 Å². The molecule has 3 N–H and O–H groups in total. The van der Waals surface area contributed by atoms with Crippen LogP contribution in [0.5, 0.6) is 5.75 Å². The van der Waals surface area contributed by atoms with E-state index in [9.17, 15) is 9.18 Å². The number of carboxylic acid groups (broad SMARTS) is 1. The van der Waals surface area contributed by atoms with E-state index in [1.165, 1.54) is 18.2 Å². The number of hydrogen-bond acceptors (Lipinski definition) is 3. The Balaban J connectivity index is 2.04. The molecule has 0 aliphatic heterocycles. The van der Waals surface area contributed by atoms with Gasteiger partial charge < -0.3 is 15.5 Å². The van der Waals surface area contributed by atoms with Gasteiger partial charge in [-0.05, 0) is 36.2 Å². The van der Waals surface area contributed by atoms with Crippen LogP contribution in [0.2, 0.25) is 0 Å². The number of phenols is 1. The second-order valence-electron chi connectivity index (χ2n) is 4.31. The fourth-order valence-electron chi connectivity index (χ4n) is 1.88. The zero-order valence-electron chi connectivity index (χ0n) is 10.6. The number of nitrogens with one attached hydrogen (secondary N) is 1. The third-order valence-corrected chi connectivity index (χ3v) is 2.90. The van der Waals surface area contributed by atoms with Crippen molar-refractivity contribution in [2.45, 2.75) is 6.42 Å². The van der Waals surface area contributed by atoms with Crippen molar-refractivity contribution >= 4 is 11.7 Å². The van der Waals surface area contributed by atoms with E-state index < -0.39 is 11.8 Å². The van der Waals surface area contributed by atoms with Gasteiger partial charge in [0.2, 0.25) is 0 Å². The van der Waals surface area contributed by atoms with Gasteiger partial charge in [-0.2, -0.15) is 0 Å². The van der Waals surface area contributed by atoms with E-state index in [1.54, 1.807) is 24.3 Å². The molecule has 20 heavy (non-hydrogen) atoms. The van der Waals surface area contributed by atoms with Crippen molar-refractivity contribution in [2.24, 2.45) is 0 Å². The molecule has 0 spiro atoms. The van der Waals surface area contributed by atoms with Gasteiger partial charge in [0.1, 0.15) is 11.6 Å². The lowest BCUT2D eigenvalue weighted by atomic mass is 10.1. The van der Waals surface area contributed by atoms with Gasteiger partial charge in [0, 0.05) is 6.54 Å². The summed E-state index contributed by atoms with van der Waals surface area (Å²) in [6.45, 7) is 0.395. The minimum Gasteiger partial charge on any atom is -0.508 e. The molecule has 0 atom stereocenters. The summed E-state index contributed by atoms with van der Waals surface area (Å²) in [5, 5.41) is 21.0. The Morgan fingerprint density at radius 2 is 1.85 bits per heavy atom. The lowest BCUT2D eigenvalue weighted by Crippen LogP contribution is -2.11. The standard InChI is InChI=1S/C15H14FNO3/c16-13-3-1-2-12(15(19)20)14(13)17-9-8-10-4-6-11(18)7-5-10/h1-7,17-18H,8-9H2,(H,19,20). The highest BCUT2D eigenvalue weighted by molar-refractivity contribution is 5.94. The number of rotatable bonds is 5. The Bertz CT molecular complexity index is 611. The number of benzene rings is 2. The average molecular weight is 275 g/mol. The largest absolute Gasteiger partial charge is 0.508 e. The number of aromatic hydroxyl groups is 1. The summed E-state index contributed by atoms with van der Waals surface area (Å²) in [5.74, 6) is -1.57. The Morgan fingerprint density at radius 3 is 2.50 bits per heavy atom. The molecule has 0 unspecified atom stereocenters. The lowest BCUT2D eigenvalue weighted by molar-refractivity contribution is 0.0697. The first-order valence-corrected chi connectivity index (χ1v) is 6.11. The predicted molar refractivity (Wildman–Crippen MR) is 73.7 cm³/mol. The second kappa shape index (κ2) is 6.06. The normalized spacial score (nSPS) is 10.2. The zero-order valence-corrected chi connectivity index (χ0v) is 10.6. The van der Waals surface area contributed by atoms with E-state index in [0.29, 0.717) is 13.0 Å². The summed E-state index contributed by atoms with van der Waals surface area (Å²) >= 11 is 0. The summed E-state index contributed by atoms with van der Waals surface area (Å²) in [6.07, 6.45) is 0.591. The van der Waals surface area contributed by atoms with Crippen LogP contribution >= 0.6 is 0 Å². The molecular formula is C15H14FNO3. The maximum atomic E-state index is 13.6. The third kappa shape index (κ3) is 3.26. The Morgan fingerprint density at radius 1 is 1.15 bits per heavy atom. The highest BCUT2D eigenvalue weighted by atomic mass is 19.1. The van der Waals surface area contributed by atoms with Gasteiger partial charge in [-0.3, -0.25) is 0 Å². The van der Waals surface area contributed by atoms with E-state index in [-0.39, 0.29) is 17.0 Å². The van der Waals surface area contributed by atoms with Crippen LogP contribution < -0.4 is 5.32 Å². The van der Waals surface area contributed by atoms with Crippen LogP contribution in [-0.4, -0.2) is 22.7 Å². The minimum atomic E-state index is -1.17. The SMILES string of the molecule is O=C(O)c1cccc(F)c1NCCc1ccc(O)cc1. The molecule has 0 amide bonds. The predicted octanol–water partition coefficient (Wildman–Crippen LogP) is 2.88. The van der Waals surface area contributed by atoms with Crippen molar-refractivity contribution in [3.8, 4) is 5.75 Å². The monoisotopic (exact) mass is 275 g/mol. The first kappa shape index (κ1) is 13.9. The molecule has 2 aromatic carbocycles. The van der Waals surface area contributed by atoms with Crippen LogP contribution in [0.15, 0.2) is 42.5 Å². The first-order valence-electron chi connectivity index (χ1n) is 6.11. The minimum absolute atomic E-state index is 0.00113. The summed E-state index contributed by atoms with van der Waals surface area (Å²) in [5.41, 5.74) is 0.873. The molecule has 0 aliphatic carbocycles. The summed E-state index contributed by atoms with van der Waals surface area (Å²) in [7, 11) is 0. The number of para-hydroxylation sites is 1. The topological polar surface area (TPSA) is 69.6 Å². The molecule has 0 fully saturated rings. The number of halogens is 1. The summed E-state index contributed by atoms with van der Waals surface area (Å²) < 4.78 is 13.6. The smallest absolute Gasteiger partial charge is 0.337 e. The van der Waals surface area contributed by atoms with Gasteiger partial charge in [-0.25, -0.2) is 9.18 Å². The van der Waals surface area contributed by atoms with Crippen LogP contribution in [-0.2, 0) is 6.42 Å². The number of aromatic carboxylic acids is 1. The molecule has 0 aromatic heterocycles. The Hall–Kier alpha value is -2.56. The molecule has 4 nitrogen and oxygen atoms in total.